The number of hydrogen-bond acceptors (Lipinski definition) is 3. The van der Waals surface area contributed by atoms with Crippen molar-refractivity contribution in [3.63, 3.8) is 0 Å². The highest BCUT2D eigenvalue weighted by atomic mass is 19.1. The Morgan fingerprint density at radius 2 is 1.61 bits per heavy atom. The molecule has 1 saturated heterocycles. The molecule has 0 aromatic heterocycles. The molecule has 2 aromatic rings. The Morgan fingerprint density at radius 3 is 2.14 bits per heavy atom. The Hall–Kier alpha value is -2.40. The summed E-state index contributed by atoms with van der Waals surface area (Å²) in [6.45, 7) is 7.69. The SMILES string of the molecule is CC(=O)NC1(c2ccc(C(C)N3CCN(c4ccc(F)cc4)CC3)cc2)CC1. The molecule has 4 nitrogen and oxygen atoms in total. The number of carbonyl (C=O) groups excluding carboxylic acids is 1. The molecule has 0 radical (unpaired) electrons. The van der Waals surface area contributed by atoms with Crippen LogP contribution in [0.5, 0.6) is 0 Å². The summed E-state index contributed by atoms with van der Waals surface area (Å²) in [7, 11) is 0. The van der Waals surface area contributed by atoms with Gasteiger partial charge in [0, 0.05) is 44.8 Å². The van der Waals surface area contributed by atoms with Gasteiger partial charge in [-0.3, -0.25) is 9.69 Å². The predicted octanol–water partition coefficient (Wildman–Crippen LogP) is 3.83. The average molecular weight is 381 g/mol. The normalized spacial score (nSPS) is 19.9. The number of nitrogens with zero attached hydrogens (tertiary/aromatic N) is 2. The average Bonchev–Trinajstić information content (AvgIpc) is 3.48. The van der Waals surface area contributed by atoms with E-state index in [0.717, 1.165) is 44.7 Å². The predicted molar refractivity (Wildman–Crippen MR) is 110 cm³/mol. The maximum Gasteiger partial charge on any atom is 0.217 e. The molecule has 2 aliphatic rings. The van der Waals surface area contributed by atoms with Gasteiger partial charge in [-0.1, -0.05) is 24.3 Å². The fraction of sp³-hybridized carbons (Fsp3) is 0.435. The molecule has 1 N–H and O–H groups in total. The molecule has 0 spiro atoms. The van der Waals surface area contributed by atoms with E-state index in [1.807, 2.05) is 12.1 Å². The van der Waals surface area contributed by atoms with Gasteiger partial charge in [-0.15, -0.1) is 0 Å². The van der Waals surface area contributed by atoms with Crippen LogP contribution in [0.15, 0.2) is 48.5 Å². The van der Waals surface area contributed by atoms with E-state index in [2.05, 4.69) is 46.3 Å². The Kier molecular flexibility index (Phi) is 5.11. The lowest BCUT2D eigenvalue weighted by Crippen LogP contribution is -2.47. The summed E-state index contributed by atoms with van der Waals surface area (Å²) in [6, 6.07) is 15.9. The van der Waals surface area contributed by atoms with E-state index in [1.165, 1.54) is 23.3 Å². The fourth-order valence-electron chi connectivity index (χ4n) is 4.26. The Morgan fingerprint density at radius 1 is 1.00 bits per heavy atom. The second kappa shape index (κ2) is 7.55. The van der Waals surface area contributed by atoms with E-state index in [4.69, 9.17) is 0 Å². The van der Waals surface area contributed by atoms with Gasteiger partial charge < -0.3 is 10.2 Å². The van der Waals surface area contributed by atoms with Crippen molar-refractivity contribution >= 4 is 11.6 Å². The topological polar surface area (TPSA) is 35.6 Å². The summed E-state index contributed by atoms with van der Waals surface area (Å²) in [4.78, 5) is 16.3. The summed E-state index contributed by atoms with van der Waals surface area (Å²) in [5.74, 6) is -0.153. The number of anilines is 1. The first-order chi connectivity index (χ1) is 13.5. The Labute approximate surface area is 166 Å². The largest absolute Gasteiger partial charge is 0.369 e. The molecule has 1 heterocycles. The van der Waals surface area contributed by atoms with Crippen molar-refractivity contribution in [3.05, 3.63) is 65.5 Å². The third kappa shape index (κ3) is 3.90. The monoisotopic (exact) mass is 381 g/mol. The number of nitrogens with one attached hydrogen (secondary N) is 1. The van der Waals surface area contributed by atoms with Crippen molar-refractivity contribution in [1.29, 1.82) is 0 Å². The highest BCUT2D eigenvalue weighted by Crippen LogP contribution is 2.45. The number of benzene rings is 2. The van der Waals surface area contributed by atoms with Gasteiger partial charge in [0.25, 0.3) is 0 Å². The van der Waals surface area contributed by atoms with Crippen LogP contribution < -0.4 is 10.2 Å². The molecule has 148 valence electrons. The second-order valence-electron chi connectivity index (χ2n) is 8.06. The summed E-state index contributed by atoms with van der Waals surface area (Å²) >= 11 is 0. The third-order valence-electron chi connectivity index (χ3n) is 6.16. The van der Waals surface area contributed by atoms with Gasteiger partial charge in [-0.05, 0) is 55.2 Å². The van der Waals surface area contributed by atoms with Crippen molar-refractivity contribution in [2.75, 3.05) is 31.1 Å². The number of carbonyl (C=O) groups is 1. The van der Waals surface area contributed by atoms with Gasteiger partial charge in [0.2, 0.25) is 5.91 Å². The van der Waals surface area contributed by atoms with Crippen LogP contribution >= 0.6 is 0 Å². The maximum absolute atomic E-state index is 13.1. The zero-order valence-electron chi connectivity index (χ0n) is 16.6. The lowest BCUT2D eigenvalue weighted by atomic mass is 9.99. The minimum atomic E-state index is -0.189. The summed E-state index contributed by atoms with van der Waals surface area (Å²) in [5, 5.41) is 3.10. The van der Waals surface area contributed by atoms with Crippen LogP contribution in [0.4, 0.5) is 10.1 Å². The smallest absolute Gasteiger partial charge is 0.217 e. The molecule has 1 aliphatic carbocycles. The van der Waals surface area contributed by atoms with Gasteiger partial charge in [0.1, 0.15) is 5.82 Å². The molecule has 1 unspecified atom stereocenters. The molecule has 0 bridgehead atoms. The standard InChI is InChI=1S/C23H28FN3O/c1-17(19-3-5-20(6-4-19)23(11-12-23)25-18(2)28)26-13-15-27(16-14-26)22-9-7-21(24)8-10-22/h3-10,17H,11-16H2,1-2H3,(H,25,28). The zero-order valence-corrected chi connectivity index (χ0v) is 16.6. The molecule has 1 saturated carbocycles. The lowest BCUT2D eigenvalue weighted by Gasteiger charge is -2.39. The molecule has 2 aromatic carbocycles. The van der Waals surface area contributed by atoms with E-state index in [9.17, 15) is 9.18 Å². The first kappa shape index (κ1) is 18.9. The van der Waals surface area contributed by atoms with Gasteiger partial charge >= 0.3 is 0 Å². The van der Waals surface area contributed by atoms with Gasteiger partial charge in [-0.2, -0.15) is 0 Å². The van der Waals surface area contributed by atoms with E-state index in [1.54, 1.807) is 6.92 Å². The number of amides is 1. The van der Waals surface area contributed by atoms with Crippen LogP contribution in [-0.2, 0) is 10.3 Å². The summed E-state index contributed by atoms with van der Waals surface area (Å²) in [6.07, 6.45) is 2.04. The minimum Gasteiger partial charge on any atom is -0.369 e. The number of hydrogen-bond donors (Lipinski definition) is 1. The van der Waals surface area contributed by atoms with Gasteiger partial charge in [-0.25, -0.2) is 4.39 Å². The summed E-state index contributed by atoms with van der Waals surface area (Å²) in [5.41, 5.74) is 3.47. The van der Waals surface area contributed by atoms with E-state index >= 15 is 0 Å². The van der Waals surface area contributed by atoms with Gasteiger partial charge in [0.05, 0.1) is 5.54 Å². The minimum absolute atomic E-state index is 0.0361. The van der Waals surface area contributed by atoms with Crippen LogP contribution in [0.1, 0.15) is 43.9 Å². The number of piperazine rings is 1. The second-order valence-corrected chi connectivity index (χ2v) is 8.06. The van der Waals surface area contributed by atoms with E-state index in [-0.39, 0.29) is 17.3 Å². The first-order valence-corrected chi connectivity index (χ1v) is 10.1. The van der Waals surface area contributed by atoms with Crippen molar-refractivity contribution in [2.45, 2.75) is 38.3 Å². The number of rotatable bonds is 5. The Bertz CT molecular complexity index is 822. The number of halogens is 1. The van der Waals surface area contributed by atoms with Crippen LogP contribution in [0.3, 0.4) is 0 Å². The third-order valence-corrected chi connectivity index (χ3v) is 6.16. The van der Waals surface area contributed by atoms with Gasteiger partial charge in [0.15, 0.2) is 0 Å². The molecule has 1 aliphatic heterocycles. The molecule has 2 fully saturated rings. The molecular weight excluding hydrogens is 353 g/mol. The van der Waals surface area contributed by atoms with Crippen molar-refractivity contribution < 1.29 is 9.18 Å². The quantitative estimate of drug-likeness (QED) is 0.855. The van der Waals surface area contributed by atoms with Crippen LogP contribution in [-0.4, -0.2) is 37.0 Å². The van der Waals surface area contributed by atoms with E-state index < -0.39 is 0 Å². The fourth-order valence-corrected chi connectivity index (χ4v) is 4.26. The highest BCUT2D eigenvalue weighted by molar-refractivity contribution is 5.74. The zero-order chi connectivity index (χ0) is 19.7. The molecular formula is C23H28FN3O. The Balaban J connectivity index is 1.37. The molecule has 1 atom stereocenters. The lowest BCUT2D eigenvalue weighted by molar-refractivity contribution is -0.120. The molecule has 28 heavy (non-hydrogen) atoms. The first-order valence-electron chi connectivity index (χ1n) is 10.1. The van der Waals surface area contributed by atoms with Crippen LogP contribution in [0.2, 0.25) is 0 Å². The molecule has 1 amide bonds. The maximum atomic E-state index is 13.1. The summed E-state index contributed by atoms with van der Waals surface area (Å²) < 4.78 is 13.1. The van der Waals surface area contributed by atoms with Crippen LogP contribution in [0, 0.1) is 5.82 Å². The van der Waals surface area contributed by atoms with Crippen molar-refractivity contribution in [1.82, 2.24) is 10.2 Å². The van der Waals surface area contributed by atoms with E-state index in [0.29, 0.717) is 6.04 Å². The highest BCUT2D eigenvalue weighted by Gasteiger charge is 2.45. The molecule has 4 rings (SSSR count). The van der Waals surface area contributed by atoms with Crippen molar-refractivity contribution in [3.8, 4) is 0 Å². The van der Waals surface area contributed by atoms with Crippen molar-refractivity contribution in [2.24, 2.45) is 0 Å². The van der Waals surface area contributed by atoms with Crippen LogP contribution in [0.25, 0.3) is 0 Å². The molecule has 5 heteroatoms.